The van der Waals surface area contributed by atoms with Crippen LogP contribution in [0.25, 0.3) is 27.7 Å². The van der Waals surface area contributed by atoms with Gasteiger partial charge < -0.3 is 9.14 Å². The number of hydrogen-bond acceptors (Lipinski definition) is 3. The highest BCUT2D eigenvalue weighted by molar-refractivity contribution is 9.10. The van der Waals surface area contributed by atoms with Gasteiger partial charge in [-0.1, -0.05) is 22.0 Å². The maximum atomic E-state index is 14.4. The summed E-state index contributed by atoms with van der Waals surface area (Å²) in [6.45, 7) is 1.84. The highest BCUT2D eigenvalue weighted by Crippen LogP contribution is 2.34. The van der Waals surface area contributed by atoms with E-state index in [1.807, 2.05) is 31.3 Å². The fraction of sp³-hybridized carbons (Fsp3) is 0.111. The summed E-state index contributed by atoms with van der Waals surface area (Å²) in [5.41, 5.74) is 3.41. The fourth-order valence-electron chi connectivity index (χ4n) is 2.84. The minimum atomic E-state index is -0.362. The van der Waals surface area contributed by atoms with Crippen LogP contribution >= 0.6 is 15.9 Å². The van der Waals surface area contributed by atoms with Crippen molar-refractivity contribution in [1.82, 2.24) is 14.4 Å². The van der Waals surface area contributed by atoms with Crippen LogP contribution in [0.4, 0.5) is 4.39 Å². The van der Waals surface area contributed by atoms with E-state index in [1.165, 1.54) is 6.07 Å². The number of aryl methyl sites for hydroxylation is 1. The first-order valence-electron chi connectivity index (χ1n) is 7.35. The molecule has 0 fully saturated rings. The Bertz CT molecular complexity index is 1090. The smallest absolute Gasteiger partial charge is 0.213 e. The second kappa shape index (κ2) is 5.56. The summed E-state index contributed by atoms with van der Waals surface area (Å²) < 4.78 is 22.3. The predicted octanol–water partition coefficient (Wildman–Crippen LogP) is 4.77. The zero-order chi connectivity index (χ0) is 16.8. The van der Waals surface area contributed by atoms with Gasteiger partial charge in [-0.3, -0.25) is 0 Å². The van der Waals surface area contributed by atoms with Crippen LogP contribution < -0.4 is 4.74 Å². The fourth-order valence-corrected chi connectivity index (χ4v) is 3.29. The quantitative estimate of drug-likeness (QED) is 0.498. The van der Waals surface area contributed by atoms with E-state index >= 15 is 0 Å². The number of nitrogens with zero attached hydrogens (tertiary/aromatic N) is 3. The molecule has 6 heteroatoms. The van der Waals surface area contributed by atoms with Crippen molar-refractivity contribution in [2.45, 2.75) is 6.92 Å². The number of imidazole rings is 1. The maximum absolute atomic E-state index is 14.4. The van der Waals surface area contributed by atoms with Crippen LogP contribution in [0.15, 0.2) is 47.2 Å². The van der Waals surface area contributed by atoms with Gasteiger partial charge in [0, 0.05) is 39.4 Å². The molecule has 0 N–H and O–H groups in total. The molecule has 4 rings (SSSR count). The van der Waals surface area contributed by atoms with Crippen LogP contribution in [0.5, 0.6) is 5.88 Å². The molecule has 0 spiro atoms. The molecule has 0 amide bonds. The van der Waals surface area contributed by atoms with E-state index in [0.717, 1.165) is 32.2 Å². The Labute approximate surface area is 146 Å². The number of hydrogen-bond donors (Lipinski definition) is 0. The Balaban J connectivity index is 2.04. The summed E-state index contributed by atoms with van der Waals surface area (Å²) >= 11 is 3.54. The second-order valence-corrected chi connectivity index (χ2v) is 6.39. The Morgan fingerprint density at radius 1 is 1.12 bits per heavy atom. The average Bonchev–Trinajstić information content (AvgIpc) is 2.95. The highest BCUT2D eigenvalue weighted by atomic mass is 79.9. The van der Waals surface area contributed by atoms with Crippen molar-refractivity contribution in [2.24, 2.45) is 0 Å². The standard InChI is InChI=1S/C18H13BrFN3O/c1-10-8-23-9-11(7-15(20)18(23)21-10)12-3-5-14(19)13-4-6-16(24-2)22-17(12)13/h3-9H,1-2H3. The summed E-state index contributed by atoms with van der Waals surface area (Å²) in [7, 11) is 1.58. The minimum absolute atomic E-state index is 0.322. The Morgan fingerprint density at radius 3 is 2.75 bits per heavy atom. The first-order valence-corrected chi connectivity index (χ1v) is 8.14. The van der Waals surface area contributed by atoms with Crippen LogP contribution in [-0.4, -0.2) is 21.5 Å². The molecule has 0 aliphatic rings. The van der Waals surface area contributed by atoms with E-state index in [2.05, 4.69) is 25.9 Å². The molecule has 4 nitrogen and oxygen atoms in total. The van der Waals surface area contributed by atoms with Gasteiger partial charge in [-0.2, -0.15) is 0 Å². The molecule has 0 saturated carbocycles. The van der Waals surface area contributed by atoms with Crippen LogP contribution in [0.3, 0.4) is 0 Å². The van der Waals surface area contributed by atoms with E-state index in [-0.39, 0.29) is 5.82 Å². The highest BCUT2D eigenvalue weighted by Gasteiger charge is 2.13. The van der Waals surface area contributed by atoms with Crippen molar-refractivity contribution in [3.8, 4) is 17.0 Å². The molecule has 0 saturated heterocycles. The number of fused-ring (bicyclic) bond motifs is 2. The molecular weight excluding hydrogens is 373 g/mol. The molecule has 24 heavy (non-hydrogen) atoms. The van der Waals surface area contributed by atoms with Gasteiger partial charge in [0.2, 0.25) is 5.88 Å². The third-order valence-corrected chi connectivity index (χ3v) is 4.62. The molecule has 3 heterocycles. The third kappa shape index (κ3) is 2.34. The largest absolute Gasteiger partial charge is 0.481 e. The molecule has 120 valence electrons. The molecule has 0 bridgehead atoms. The molecule has 1 aromatic carbocycles. The first-order chi connectivity index (χ1) is 11.6. The first kappa shape index (κ1) is 15.1. The number of rotatable bonds is 2. The van der Waals surface area contributed by atoms with Crippen LogP contribution in [-0.2, 0) is 0 Å². The van der Waals surface area contributed by atoms with Gasteiger partial charge in [-0.15, -0.1) is 0 Å². The average molecular weight is 386 g/mol. The lowest BCUT2D eigenvalue weighted by molar-refractivity contribution is 0.399. The summed E-state index contributed by atoms with van der Waals surface area (Å²) in [4.78, 5) is 8.74. The van der Waals surface area contributed by atoms with E-state index < -0.39 is 0 Å². The van der Waals surface area contributed by atoms with Crippen LogP contribution in [0.2, 0.25) is 0 Å². The molecule has 0 aliphatic carbocycles. The summed E-state index contributed by atoms with van der Waals surface area (Å²) in [5.74, 6) is 0.154. The van der Waals surface area contributed by atoms with Crippen molar-refractivity contribution in [2.75, 3.05) is 7.11 Å². The van der Waals surface area contributed by atoms with Crippen LogP contribution in [0, 0.1) is 12.7 Å². The van der Waals surface area contributed by atoms with E-state index in [0.29, 0.717) is 11.5 Å². The molecular formula is C18H13BrFN3O. The maximum Gasteiger partial charge on any atom is 0.213 e. The summed E-state index contributed by atoms with van der Waals surface area (Å²) in [5, 5.41) is 0.940. The molecule has 0 unspecified atom stereocenters. The van der Waals surface area contributed by atoms with Crippen molar-refractivity contribution in [3.63, 3.8) is 0 Å². The molecule has 0 aliphatic heterocycles. The lowest BCUT2D eigenvalue weighted by atomic mass is 10.0. The van der Waals surface area contributed by atoms with E-state index in [4.69, 9.17) is 4.74 Å². The number of pyridine rings is 2. The van der Waals surface area contributed by atoms with Gasteiger partial charge in [0.05, 0.1) is 18.3 Å². The Morgan fingerprint density at radius 2 is 1.96 bits per heavy atom. The number of aromatic nitrogens is 3. The van der Waals surface area contributed by atoms with Crippen molar-refractivity contribution in [3.05, 3.63) is 58.7 Å². The number of halogens is 2. The summed E-state index contributed by atoms with van der Waals surface area (Å²) in [6.07, 6.45) is 3.67. The van der Waals surface area contributed by atoms with Gasteiger partial charge in [-0.05, 0) is 25.1 Å². The number of benzene rings is 1. The third-order valence-electron chi connectivity index (χ3n) is 3.93. The van der Waals surface area contributed by atoms with Crippen LogP contribution in [0.1, 0.15) is 5.69 Å². The van der Waals surface area contributed by atoms with Crippen molar-refractivity contribution in [1.29, 1.82) is 0 Å². The molecule has 4 aromatic rings. The minimum Gasteiger partial charge on any atom is -0.481 e. The van der Waals surface area contributed by atoms with Gasteiger partial charge in [0.25, 0.3) is 0 Å². The van der Waals surface area contributed by atoms with Crippen molar-refractivity contribution < 1.29 is 9.13 Å². The molecule has 3 aromatic heterocycles. The van der Waals surface area contributed by atoms with E-state index in [9.17, 15) is 4.39 Å². The van der Waals surface area contributed by atoms with Gasteiger partial charge >= 0.3 is 0 Å². The lowest BCUT2D eigenvalue weighted by Gasteiger charge is -2.10. The van der Waals surface area contributed by atoms with Gasteiger partial charge in [0.15, 0.2) is 11.5 Å². The topological polar surface area (TPSA) is 39.4 Å². The SMILES string of the molecule is COc1ccc2c(Br)ccc(-c3cc(F)c4nc(C)cn4c3)c2n1. The molecule has 0 atom stereocenters. The summed E-state index contributed by atoms with van der Waals surface area (Å²) in [6, 6.07) is 9.09. The Hall–Kier alpha value is -2.47. The van der Waals surface area contributed by atoms with E-state index in [1.54, 1.807) is 23.8 Å². The van der Waals surface area contributed by atoms with Crippen molar-refractivity contribution >= 4 is 32.5 Å². The zero-order valence-electron chi connectivity index (χ0n) is 13.0. The molecule has 0 radical (unpaired) electrons. The van der Waals surface area contributed by atoms with Gasteiger partial charge in [-0.25, -0.2) is 14.4 Å². The number of ether oxygens (including phenoxy) is 1. The Kier molecular flexibility index (Phi) is 3.49. The lowest BCUT2D eigenvalue weighted by Crippen LogP contribution is -1.94. The normalized spacial score (nSPS) is 11.3. The monoisotopic (exact) mass is 385 g/mol. The number of methoxy groups -OCH3 is 1. The van der Waals surface area contributed by atoms with Gasteiger partial charge in [0.1, 0.15) is 0 Å². The predicted molar refractivity (Wildman–Crippen MR) is 94.9 cm³/mol. The zero-order valence-corrected chi connectivity index (χ0v) is 14.6. The second-order valence-electron chi connectivity index (χ2n) is 5.53.